The van der Waals surface area contributed by atoms with Crippen LogP contribution < -0.4 is 10.6 Å². The number of nitrogens with zero attached hydrogens (tertiary/aromatic N) is 2. The van der Waals surface area contributed by atoms with Crippen molar-refractivity contribution in [2.45, 2.75) is 57.4 Å². The fourth-order valence-corrected chi connectivity index (χ4v) is 7.07. The van der Waals surface area contributed by atoms with Crippen molar-refractivity contribution in [1.29, 1.82) is 0 Å². The van der Waals surface area contributed by atoms with Crippen molar-refractivity contribution in [1.82, 2.24) is 19.8 Å². The highest BCUT2D eigenvalue weighted by Crippen LogP contribution is 2.31. The van der Waals surface area contributed by atoms with Crippen molar-refractivity contribution in [2.75, 3.05) is 52.5 Å². The van der Waals surface area contributed by atoms with E-state index in [1.54, 1.807) is 4.31 Å². The molecule has 2 aliphatic rings. The summed E-state index contributed by atoms with van der Waals surface area (Å²) in [6.45, 7) is 10.4. The number of ether oxygens (including phenoxy) is 1. The second-order valence-electron chi connectivity index (χ2n) is 9.25. The maximum absolute atomic E-state index is 13.6. The van der Waals surface area contributed by atoms with Gasteiger partial charge in [-0.2, -0.15) is 4.31 Å². The van der Waals surface area contributed by atoms with Gasteiger partial charge in [0.2, 0.25) is 10.0 Å². The predicted molar refractivity (Wildman–Crippen MR) is 130 cm³/mol. The molecule has 1 atom stereocenters. The van der Waals surface area contributed by atoms with E-state index in [0.717, 1.165) is 49.0 Å². The molecule has 9 nitrogen and oxygen atoms in total. The lowest BCUT2D eigenvalue weighted by molar-refractivity contribution is -0.139. The van der Waals surface area contributed by atoms with Crippen molar-refractivity contribution < 1.29 is 22.7 Å². The molecule has 0 saturated carbocycles. The van der Waals surface area contributed by atoms with E-state index in [4.69, 9.17) is 4.74 Å². The number of rotatable bonds is 8. The molecule has 0 aliphatic carbocycles. The van der Waals surface area contributed by atoms with Crippen LogP contribution in [0.4, 0.5) is 0 Å². The summed E-state index contributed by atoms with van der Waals surface area (Å²) >= 11 is 0. The first-order chi connectivity index (χ1) is 16.2. The minimum absolute atomic E-state index is 0.205. The van der Waals surface area contributed by atoms with E-state index in [-0.39, 0.29) is 12.6 Å². The van der Waals surface area contributed by atoms with Crippen molar-refractivity contribution >= 4 is 21.8 Å². The Morgan fingerprint density at radius 3 is 2.24 bits per heavy atom. The molecule has 3 rings (SSSR count). The number of piperidine rings is 1. The molecule has 2 saturated heterocycles. The van der Waals surface area contributed by atoms with Gasteiger partial charge in [-0.1, -0.05) is 24.1 Å². The van der Waals surface area contributed by atoms with Gasteiger partial charge in [0.25, 0.3) is 0 Å². The summed E-state index contributed by atoms with van der Waals surface area (Å²) in [7, 11) is -3.65. The van der Waals surface area contributed by atoms with Crippen LogP contribution in [0.15, 0.2) is 17.0 Å². The highest BCUT2D eigenvalue weighted by atomic mass is 32.2. The third kappa shape index (κ3) is 6.78. The summed E-state index contributed by atoms with van der Waals surface area (Å²) in [4.78, 5) is 26.9. The largest absolute Gasteiger partial charge is 0.379 e. The van der Waals surface area contributed by atoms with E-state index in [0.29, 0.717) is 44.2 Å². The fraction of sp³-hybridized carbons (Fsp3) is 0.667. The summed E-state index contributed by atoms with van der Waals surface area (Å²) < 4.78 is 34.0. The van der Waals surface area contributed by atoms with E-state index in [2.05, 4.69) is 15.5 Å². The molecule has 0 spiro atoms. The molecule has 0 aromatic heterocycles. The molecular weight excluding hydrogens is 456 g/mol. The van der Waals surface area contributed by atoms with E-state index < -0.39 is 21.8 Å². The molecular formula is C24H38N4O5S. The van der Waals surface area contributed by atoms with Crippen LogP contribution in [0.5, 0.6) is 0 Å². The average molecular weight is 495 g/mol. The molecule has 2 N–H and O–H groups in total. The number of hydrogen-bond donors (Lipinski definition) is 2. The molecule has 2 heterocycles. The monoisotopic (exact) mass is 494 g/mol. The quantitative estimate of drug-likeness (QED) is 0.524. The molecule has 1 aromatic rings. The zero-order valence-electron chi connectivity index (χ0n) is 20.6. The summed E-state index contributed by atoms with van der Waals surface area (Å²) in [6.07, 6.45) is 2.97. The number of nitrogens with one attached hydrogen (secondary N) is 2. The van der Waals surface area contributed by atoms with Crippen molar-refractivity contribution in [3.8, 4) is 0 Å². The number of carbonyl (C=O) groups excluding carboxylic acids is 2. The van der Waals surface area contributed by atoms with Crippen LogP contribution in [0.3, 0.4) is 0 Å². The Balaban J connectivity index is 1.52. The van der Waals surface area contributed by atoms with Crippen LogP contribution in [-0.4, -0.2) is 88.0 Å². The Bertz CT molecular complexity index is 953. The number of morpholine rings is 1. The second-order valence-corrected chi connectivity index (χ2v) is 11.1. The first-order valence-corrected chi connectivity index (χ1v) is 13.6. The number of benzene rings is 1. The molecule has 2 aliphatic heterocycles. The Labute approximate surface area is 203 Å². The maximum Gasteiger partial charge on any atom is 0.309 e. The molecule has 190 valence electrons. The molecule has 0 unspecified atom stereocenters. The van der Waals surface area contributed by atoms with Gasteiger partial charge in [0, 0.05) is 45.3 Å². The van der Waals surface area contributed by atoms with Gasteiger partial charge in [0.15, 0.2) is 0 Å². The van der Waals surface area contributed by atoms with Crippen molar-refractivity contribution in [2.24, 2.45) is 0 Å². The SMILES string of the molecule is Cc1cc(C)c(S(=O)(=O)N2CCCC[C@H]2CCNC(=O)C(=O)NCCN2CCOCC2)c(C)c1. The second kappa shape index (κ2) is 12.1. The summed E-state index contributed by atoms with van der Waals surface area (Å²) in [6, 6.07) is 3.59. The third-order valence-corrected chi connectivity index (χ3v) is 8.79. The number of carbonyl (C=O) groups is 2. The van der Waals surface area contributed by atoms with Crippen LogP contribution in [0.1, 0.15) is 42.4 Å². The van der Waals surface area contributed by atoms with Crippen LogP contribution in [-0.2, 0) is 24.3 Å². The number of hydrogen-bond acceptors (Lipinski definition) is 6. The van der Waals surface area contributed by atoms with Gasteiger partial charge in [0.05, 0.1) is 18.1 Å². The van der Waals surface area contributed by atoms with Gasteiger partial charge in [-0.05, 0) is 51.2 Å². The van der Waals surface area contributed by atoms with Crippen LogP contribution in [0, 0.1) is 20.8 Å². The predicted octanol–water partition coefficient (Wildman–Crippen LogP) is 1.11. The van der Waals surface area contributed by atoms with Crippen LogP contribution in [0.25, 0.3) is 0 Å². The maximum atomic E-state index is 13.6. The minimum atomic E-state index is -3.65. The Kier molecular flexibility index (Phi) is 9.47. The average Bonchev–Trinajstić information content (AvgIpc) is 2.79. The summed E-state index contributed by atoms with van der Waals surface area (Å²) in [5, 5.41) is 5.30. The van der Waals surface area contributed by atoms with Gasteiger partial charge in [-0.15, -0.1) is 0 Å². The van der Waals surface area contributed by atoms with E-state index in [1.807, 2.05) is 32.9 Å². The minimum Gasteiger partial charge on any atom is -0.379 e. The third-order valence-electron chi connectivity index (χ3n) is 6.53. The van der Waals surface area contributed by atoms with Gasteiger partial charge in [0.1, 0.15) is 0 Å². The Hall–Kier alpha value is -2.01. The summed E-state index contributed by atoms with van der Waals surface area (Å²) in [5.41, 5.74) is 2.54. The highest BCUT2D eigenvalue weighted by molar-refractivity contribution is 7.89. The molecule has 34 heavy (non-hydrogen) atoms. The lowest BCUT2D eigenvalue weighted by Gasteiger charge is -2.35. The van der Waals surface area contributed by atoms with Crippen LogP contribution in [0.2, 0.25) is 0 Å². The lowest BCUT2D eigenvalue weighted by Crippen LogP contribution is -2.47. The molecule has 0 radical (unpaired) electrons. The Morgan fingerprint density at radius 1 is 0.971 bits per heavy atom. The smallest absolute Gasteiger partial charge is 0.309 e. The number of sulfonamides is 1. The first kappa shape index (κ1) is 26.6. The lowest BCUT2D eigenvalue weighted by atomic mass is 10.0. The standard InChI is InChI=1S/C24H38N4O5S/c1-18-16-19(2)22(20(3)17-18)34(31,32)28-10-5-4-6-21(28)7-8-25-23(29)24(30)26-9-11-27-12-14-33-15-13-27/h16-17,21H,4-15H2,1-3H3,(H,25,29)(H,26,30)/t21-/m0/s1. The normalized spacial score (nSPS) is 20.1. The number of amides is 2. The first-order valence-electron chi connectivity index (χ1n) is 12.2. The molecule has 1 aromatic carbocycles. The summed E-state index contributed by atoms with van der Waals surface area (Å²) in [5.74, 6) is -1.34. The van der Waals surface area contributed by atoms with Crippen molar-refractivity contribution in [3.05, 3.63) is 28.8 Å². The van der Waals surface area contributed by atoms with Gasteiger partial charge in [-0.25, -0.2) is 8.42 Å². The molecule has 10 heteroatoms. The molecule has 0 bridgehead atoms. The fourth-order valence-electron chi connectivity index (χ4n) is 4.94. The topological polar surface area (TPSA) is 108 Å². The zero-order chi connectivity index (χ0) is 24.7. The Morgan fingerprint density at radius 2 is 1.59 bits per heavy atom. The van der Waals surface area contributed by atoms with E-state index in [9.17, 15) is 18.0 Å². The molecule has 2 amide bonds. The van der Waals surface area contributed by atoms with Gasteiger partial charge in [-0.3, -0.25) is 14.5 Å². The van der Waals surface area contributed by atoms with E-state index in [1.165, 1.54) is 0 Å². The van der Waals surface area contributed by atoms with Crippen molar-refractivity contribution in [3.63, 3.8) is 0 Å². The highest BCUT2D eigenvalue weighted by Gasteiger charge is 2.35. The van der Waals surface area contributed by atoms with Gasteiger partial charge < -0.3 is 15.4 Å². The number of aryl methyl sites for hydroxylation is 3. The zero-order valence-corrected chi connectivity index (χ0v) is 21.4. The van der Waals surface area contributed by atoms with Gasteiger partial charge >= 0.3 is 11.8 Å². The van der Waals surface area contributed by atoms with Crippen LogP contribution >= 0.6 is 0 Å². The van der Waals surface area contributed by atoms with E-state index >= 15 is 0 Å². The molecule has 2 fully saturated rings.